The number of benzene rings is 1. The zero-order chi connectivity index (χ0) is 15.9. The molecular weight excluding hydrogens is 286 g/mol. The van der Waals surface area contributed by atoms with Gasteiger partial charge in [-0.15, -0.1) is 0 Å². The number of nitriles is 1. The van der Waals surface area contributed by atoms with E-state index in [0.717, 1.165) is 19.5 Å². The lowest BCUT2D eigenvalue weighted by molar-refractivity contribution is 0.312. The monoisotopic (exact) mass is 309 g/mol. The first-order valence-electron chi connectivity index (χ1n) is 6.91. The third kappa shape index (κ3) is 6.25. The van der Waals surface area contributed by atoms with Crippen LogP contribution in [-0.4, -0.2) is 64.7 Å². The van der Waals surface area contributed by atoms with Gasteiger partial charge < -0.3 is 9.80 Å². The van der Waals surface area contributed by atoms with Gasteiger partial charge in [0.25, 0.3) is 0 Å². The van der Waals surface area contributed by atoms with E-state index < -0.39 is 9.84 Å². The van der Waals surface area contributed by atoms with E-state index in [1.165, 1.54) is 6.07 Å². The van der Waals surface area contributed by atoms with Gasteiger partial charge in [-0.25, -0.2) is 8.42 Å². The summed E-state index contributed by atoms with van der Waals surface area (Å²) in [6.45, 7) is 2.35. The van der Waals surface area contributed by atoms with Gasteiger partial charge in [0, 0.05) is 6.54 Å². The number of rotatable bonds is 8. The molecule has 1 rings (SSSR count). The van der Waals surface area contributed by atoms with E-state index in [4.69, 9.17) is 5.26 Å². The van der Waals surface area contributed by atoms with Crippen LogP contribution in [0.25, 0.3) is 0 Å². The van der Waals surface area contributed by atoms with Crippen LogP contribution in [0.5, 0.6) is 0 Å². The molecule has 0 aliphatic carbocycles. The summed E-state index contributed by atoms with van der Waals surface area (Å²) in [6, 6.07) is 8.15. The standard InChI is InChI=1S/C15H23N3O2S/c1-17(2)8-5-9-18(3)10-11-21(19,20)15-7-4-6-14(12-15)13-16/h4,6-7,12H,5,8-11H2,1-3H3. The van der Waals surface area contributed by atoms with Gasteiger partial charge in [-0.3, -0.25) is 0 Å². The van der Waals surface area contributed by atoms with Crippen molar-refractivity contribution in [3.05, 3.63) is 29.8 Å². The van der Waals surface area contributed by atoms with Crippen LogP contribution in [0.4, 0.5) is 0 Å². The van der Waals surface area contributed by atoms with Gasteiger partial charge in [-0.05, 0) is 58.9 Å². The fraction of sp³-hybridized carbons (Fsp3) is 0.533. The molecule has 6 heteroatoms. The Kier molecular flexibility index (Phi) is 6.82. The summed E-state index contributed by atoms with van der Waals surface area (Å²) in [6.07, 6.45) is 1.01. The molecule has 21 heavy (non-hydrogen) atoms. The van der Waals surface area contributed by atoms with Crippen LogP contribution in [0.2, 0.25) is 0 Å². The normalized spacial score (nSPS) is 11.8. The average Bonchev–Trinajstić information content (AvgIpc) is 2.45. The number of sulfone groups is 1. The van der Waals surface area contributed by atoms with E-state index in [1.807, 2.05) is 32.1 Å². The summed E-state index contributed by atoms with van der Waals surface area (Å²) in [4.78, 5) is 4.36. The Balaban J connectivity index is 2.55. The summed E-state index contributed by atoms with van der Waals surface area (Å²) < 4.78 is 24.5. The Bertz CT molecular complexity index is 591. The van der Waals surface area contributed by atoms with Crippen molar-refractivity contribution in [1.29, 1.82) is 5.26 Å². The van der Waals surface area contributed by atoms with Crippen molar-refractivity contribution in [2.24, 2.45) is 0 Å². The molecule has 116 valence electrons. The zero-order valence-electron chi connectivity index (χ0n) is 12.9. The summed E-state index contributed by atoms with van der Waals surface area (Å²) >= 11 is 0. The predicted molar refractivity (Wildman–Crippen MR) is 83.9 cm³/mol. The Morgan fingerprint density at radius 1 is 1.14 bits per heavy atom. The van der Waals surface area contributed by atoms with Gasteiger partial charge >= 0.3 is 0 Å². The van der Waals surface area contributed by atoms with Crippen LogP contribution in [0.1, 0.15) is 12.0 Å². The third-order valence-corrected chi connectivity index (χ3v) is 4.90. The van der Waals surface area contributed by atoms with Crippen LogP contribution in [0, 0.1) is 11.3 Å². The van der Waals surface area contributed by atoms with Gasteiger partial charge in [-0.2, -0.15) is 5.26 Å². The van der Waals surface area contributed by atoms with Crippen molar-refractivity contribution in [3.63, 3.8) is 0 Å². The molecular formula is C15H23N3O2S. The van der Waals surface area contributed by atoms with Gasteiger partial charge in [0.15, 0.2) is 9.84 Å². The lowest BCUT2D eigenvalue weighted by Gasteiger charge is -2.18. The van der Waals surface area contributed by atoms with Crippen LogP contribution in [-0.2, 0) is 9.84 Å². The van der Waals surface area contributed by atoms with Gasteiger partial charge in [0.05, 0.1) is 22.3 Å². The predicted octanol–water partition coefficient (Wildman–Crippen LogP) is 1.22. The van der Waals surface area contributed by atoms with E-state index in [2.05, 4.69) is 4.90 Å². The van der Waals surface area contributed by atoms with E-state index >= 15 is 0 Å². The van der Waals surface area contributed by atoms with E-state index in [9.17, 15) is 8.42 Å². The maximum atomic E-state index is 12.2. The lowest BCUT2D eigenvalue weighted by atomic mass is 10.2. The van der Waals surface area contributed by atoms with Gasteiger partial charge in [-0.1, -0.05) is 6.07 Å². The Morgan fingerprint density at radius 2 is 1.86 bits per heavy atom. The lowest BCUT2D eigenvalue weighted by Crippen LogP contribution is -2.28. The fourth-order valence-corrected chi connectivity index (χ4v) is 3.30. The molecule has 0 saturated heterocycles. The molecule has 0 N–H and O–H groups in total. The van der Waals surface area contributed by atoms with Crippen LogP contribution in [0.3, 0.4) is 0 Å². The fourth-order valence-electron chi connectivity index (χ4n) is 1.92. The quantitative estimate of drug-likeness (QED) is 0.722. The van der Waals surface area contributed by atoms with Gasteiger partial charge in [0.1, 0.15) is 0 Å². The summed E-state index contributed by atoms with van der Waals surface area (Å²) in [5.74, 6) is 0.0698. The number of nitrogens with zero attached hydrogens (tertiary/aromatic N) is 3. The maximum absolute atomic E-state index is 12.2. The molecule has 0 saturated carbocycles. The second-order valence-corrected chi connectivity index (χ2v) is 7.53. The van der Waals surface area contributed by atoms with Crippen molar-refractivity contribution in [2.75, 3.05) is 46.5 Å². The molecule has 0 amide bonds. The smallest absolute Gasteiger partial charge is 0.179 e. The zero-order valence-corrected chi connectivity index (χ0v) is 13.7. The SMILES string of the molecule is CN(C)CCCN(C)CCS(=O)(=O)c1cccc(C#N)c1. The van der Waals surface area contributed by atoms with E-state index in [1.54, 1.807) is 18.2 Å². The molecule has 0 spiro atoms. The van der Waals surface area contributed by atoms with Crippen molar-refractivity contribution in [3.8, 4) is 6.07 Å². The highest BCUT2D eigenvalue weighted by molar-refractivity contribution is 7.91. The largest absolute Gasteiger partial charge is 0.309 e. The second-order valence-electron chi connectivity index (χ2n) is 5.42. The Morgan fingerprint density at radius 3 is 2.48 bits per heavy atom. The number of hydrogen-bond acceptors (Lipinski definition) is 5. The van der Waals surface area contributed by atoms with Crippen LogP contribution < -0.4 is 0 Å². The first-order valence-corrected chi connectivity index (χ1v) is 8.56. The molecule has 0 fully saturated rings. The summed E-state index contributed by atoms with van der Waals surface area (Å²) in [7, 11) is 2.64. The average molecular weight is 309 g/mol. The maximum Gasteiger partial charge on any atom is 0.179 e. The second kappa shape index (κ2) is 8.13. The first kappa shape index (κ1) is 17.6. The molecule has 5 nitrogen and oxygen atoms in total. The molecule has 0 unspecified atom stereocenters. The van der Waals surface area contributed by atoms with Gasteiger partial charge in [0.2, 0.25) is 0 Å². The highest BCUT2D eigenvalue weighted by Crippen LogP contribution is 2.13. The summed E-state index contributed by atoms with van der Waals surface area (Å²) in [5, 5.41) is 8.83. The molecule has 1 aromatic carbocycles. The Labute approximate surface area is 127 Å². The van der Waals surface area contributed by atoms with E-state index in [0.29, 0.717) is 12.1 Å². The highest BCUT2D eigenvalue weighted by atomic mass is 32.2. The molecule has 0 aliphatic heterocycles. The minimum atomic E-state index is -3.33. The molecule has 0 aliphatic rings. The molecule has 0 bridgehead atoms. The topological polar surface area (TPSA) is 64.4 Å². The summed E-state index contributed by atoms with van der Waals surface area (Å²) in [5.41, 5.74) is 0.371. The highest BCUT2D eigenvalue weighted by Gasteiger charge is 2.15. The first-order chi connectivity index (χ1) is 9.85. The molecule has 0 radical (unpaired) electrons. The molecule has 0 aromatic heterocycles. The number of hydrogen-bond donors (Lipinski definition) is 0. The van der Waals surface area contributed by atoms with Crippen molar-refractivity contribution < 1.29 is 8.42 Å². The third-order valence-electron chi connectivity index (χ3n) is 3.21. The van der Waals surface area contributed by atoms with Crippen LogP contribution in [0.15, 0.2) is 29.2 Å². The minimum absolute atomic E-state index is 0.0698. The molecule has 1 aromatic rings. The Hall–Kier alpha value is -1.42. The van der Waals surface area contributed by atoms with Crippen molar-refractivity contribution in [2.45, 2.75) is 11.3 Å². The van der Waals surface area contributed by atoms with Crippen molar-refractivity contribution in [1.82, 2.24) is 9.80 Å². The molecule has 0 heterocycles. The van der Waals surface area contributed by atoms with Crippen molar-refractivity contribution >= 4 is 9.84 Å². The minimum Gasteiger partial charge on any atom is -0.309 e. The van der Waals surface area contributed by atoms with Crippen LogP contribution >= 0.6 is 0 Å². The molecule has 0 atom stereocenters. The van der Waals surface area contributed by atoms with E-state index in [-0.39, 0.29) is 10.6 Å².